The number of amides is 1. The third kappa shape index (κ3) is 8.59. The van der Waals surface area contributed by atoms with Gasteiger partial charge in [-0.05, 0) is 58.4 Å². The van der Waals surface area contributed by atoms with Gasteiger partial charge in [-0.25, -0.2) is 0 Å². The molecule has 0 bridgehead atoms. The second-order valence-corrected chi connectivity index (χ2v) is 10.7. The number of nitrogens with zero attached hydrogens (tertiary/aromatic N) is 1. The number of rotatable bonds is 11. The Kier molecular flexibility index (Phi) is 10.8. The molecule has 2 rings (SSSR count). The van der Waals surface area contributed by atoms with E-state index in [9.17, 15) is 27.3 Å². The number of carbonyl (C=O) groups excluding carboxylic acids is 2. The van der Waals surface area contributed by atoms with E-state index in [-0.39, 0.29) is 19.3 Å². The van der Waals surface area contributed by atoms with Gasteiger partial charge in [0.15, 0.2) is 5.66 Å². The number of nitrogens with one attached hydrogen (secondary N) is 1. The van der Waals surface area contributed by atoms with Gasteiger partial charge in [0.25, 0.3) is 0 Å². The molecule has 1 unspecified atom stereocenters. The molecule has 0 aromatic heterocycles. The second-order valence-electron chi connectivity index (χ2n) is 8.44. The number of halogens is 3. The van der Waals surface area contributed by atoms with Crippen molar-refractivity contribution in [1.82, 2.24) is 10.2 Å². The van der Waals surface area contributed by atoms with Gasteiger partial charge in [-0.15, -0.1) is 0 Å². The monoisotopic (exact) mass is 522 g/mol. The van der Waals surface area contributed by atoms with E-state index in [4.69, 9.17) is 13.8 Å². The highest BCUT2D eigenvalue weighted by Gasteiger charge is 2.44. The molecule has 1 heterocycles. The maximum absolute atomic E-state index is 13.4. The van der Waals surface area contributed by atoms with Crippen LogP contribution < -0.4 is 5.32 Å². The van der Waals surface area contributed by atoms with Gasteiger partial charge in [0.2, 0.25) is 5.91 Å². The largest absolute Gasteiger partial charge is 0.462 e. The third-order valence-electron chi connectivity index (χ3n) is 5.71. The van der Waals surface area contributed by atoms with Crippen molar-refractivity contribution in [3.05, 3.63) is 35.4 Å². The van der Waals surface area contributed by atoms with E-state index in [0.717, 1.165) is 25.2 Å². The Bertz CT molecular complexity index is 878. The van der Waals surface area contributed by atoms with E-state index in [1.165, 1.54) is 12.1 Å². The van der Waals surface area contributed by atoms with Crippen molar-refractivity contribution in [2.24, 2.45) is 0 Å². The summed E-state index contributed by atoms with van der Waals surface area (Å²) >= 11 is 0. The van der Waals surface area contributed by atoms with Crippen LogP contribution in [0.15, 0.2) is 24.3 Å². The summed E-state index contributed by atoms with van der Waals surface area (Å²) in [5.74, 6) is -1.47. The molecule has 1 aliphatic heterocycles. The van der Waals surface area contributed by atoms with E-state index >= 15 is 0 Å². The Labute approximate surface area is 204 Å². The lowest BCUT2D eigenvalue weighted by molar-refractivity contribution is -0.152. The molecule has 0 radical (unpaired) electrons. The Morgan fingerprint density at radius 1 is 1.11 bits per heavy atom. The van der Waals surface area contributed by atoms with Crippen molar-refractivity contribution in [3.63, 3.8) is 0 Å². The van der Waals surface area contributed by atoms with Crippen LogP contribution >= 0.6 is 7.60 Å². The van der Waals surface area contributed by atoms with Gasteiger partial charge in [0.1, 0.15) is 6.10 Å². The molecule has 8 nitrogen and oxygen atoms in total. The van der Waals surface area contributed by atoms with Crippen LogP contribution in [-0.4, -0.2) is 61.9 Å². The van der Waals surface area contributed by atoms with Gasteiger partial charge in [0.05, 0.1) is 31.2 Å². The number of hydrogen-bond donors (Lipinski definition) is 1. The molecule has 12 heteroatoms. The molecule has 1 aliphatic rings. The molecule has 1 N–H and O–H groups in total. The normalized spacial score (nSPS) is 17.6. The first-order valence-corrected chi connectivity index (χ1v) is 13.2. The average molecular weight is 523 g/mol. The first kappa shape index (κ1) is 29.3. The van der Waals surface area contributed by atoms with E-state index in [1.807, 2.05) is 7.05 Å². The summed E-state index contributed by atoms with van der Waals surface area (Å²) in [7, 11) is -2.07. The van der Waals surface area contributed by atoms with Crippen molar-refractivity contribution in [1.29, 1.82) is 0 Å². The predicted molar refractivity (Wildman–Crippen MR) is 124 cm³/mol. The zero-order valence-corrected chi connectivity index (χ0v) is 21.4. The summed E-state index contributed by atoms with van der Waals surface area (Å²) in [4.78, 5) is 28.0. The molecule has 1 aromatic carbocycles. The molecule has 198 valence electrons. The topological polar surface area (TPSA) is 94.2 Å². The van der Waals surface area contributed by atoms with Gasteiger partial charge in [-0.3, -0.25) is 14.2 Å². The molecule has 1 aromatic rings. The van der Waals surface area contributed by atoms with E-state index in [1.54, 1.807) is 20.8 Å². The molecule has 1 fully saturated rings. The number of carbonyl (C=O) groups is 2. The van der Waals surface area contributed by atoms with Crippen LogP contribution in [0.2, 0.25) is 0 Å². The Balaban J connectivity index is 2.14. The lowest BCUT2D eigenvalue weighted by atomic mass is 10.1. The van der Waals surface area contributed by atoms with Crippen LogP contribution in [0.1, 0.15) is 57.2 Å². The standard InChI is InChI=1S/C23H34F3N2O6P/c1-5-32-35(31,33-6-2)20(22(30)34-19-11-13-28(4)14-12-19)15-21(29)27-16(3)17-7-9-18(10-8-17)23(24,25)26/h7-10,16,19-20H,5-6,11-15H2,1-4H3,(H,27,29)/t16-,20?/m0/s1. The maximum Gasteiger partial charge on any atom is 0.416 e. The molecular formula is C23H34F3N2O6P. The summed E-state index contributed by atoms with van der Waals surface area (Å²) in [5, 5.41) is 2.64. The summed E-state index contributed by atoms with van der Waals surface area (Å²) in [6, 6.07) is 3.74. The van der Waals surface area contributed by atoms with Crippen LogP contribution in [0, 0.1) is 0 Å². The summed E-state index contributed by atoms with van der Waals surface area (Å²) in [6.07, 6.45) is -4.13. The summed E-state index contributed by atoms with van der Waals surface area (Å²) < 4.78 is 68.1. The van der Waals surface area contributed by atoms with E-state index < -0.39 is 49.3 Å². The molecule has 0 saturated carbocycles. The highest BCUT2D eigenvalue weighted by molar-refractivity contribution is 7.55. The SMILES string of the molecule is CCOP(=O)(OCC)C(CC(=O)N[C@@H](C)c1ccc(C(F)(F)F)cc1)C(=O)OC1CCN(C)CC1. The van der Waals surface area contributed by atoms with Gasteiger partial charge in [-0.1, -0.05) is 12.1 Å². The molecule has 0 aliphatic carbocycles. The lowest BCUT2D eigenvalue weighted by Crippen LogP contribution is -2.39. The number of hydrogen-bond acceptors (Lipinski definition) is 7. The number of piperidine rings is 1. The molecule has 1 saturated heterocycles. The van der Waals surface area contributed by atoms with Gasteiger partial charge < -0.3 is 24.0 Å². The maximum atomic E-state index is 13.4. The van der Waals surface area contributed by atoms with Crippen molar-refractivity contribution in [2.75, 3.05) is 33.4 Å². The predicted octanol–water partition coefficient (Wildman–Crippen LogP) is 4.54. The fraction of sp³-hybridized carbons (Fsp3) is 0.652. The summed E-state index contributed by atoms with van der Waals surface area (Å²) in [5.41, 5.74) is -1.83. The van der Waals surface area contributed by atoms with Crippen molar-refractivity contribution < 1.29 is 41.1 Å². The molecule has 1 amide bonds. The third-order valence-corrected chi connectivity index (χ3v) is 8.11. The van der Waals surface area contributed by atoms with Crippen LogP contribution in [0.4, 0.5) is 13.2 Å². The number of alkyl halides is 3. The molecule has 35 heavy (non-hydrogen) atoms. The quantitative estimate of drug-likeness (QED) is 0.337. The zero-order valence-electron chi connectivity index (χ0n) is 20.5. The molecule has 2 atom stereocenters. The smallest absolute Gasteiger partial charge is 0.416 e. The van der Waals surface area contributed by atoms with Crippen molar-refractivity contribution in [3.8, 4) is 0 Å². The highest BCUT2D eigenvalue weighted by atomic mass is 31.2. The fourth-order valence-electron chi connectivity index (χ4n) is 3.77. The highest BCUT2D eigenvalue weighted by Crippen LogP contribution is 2.54. The summed E-state index contributed by atoms with van der Waals surface area (Å²) in [6.45, 7) is 6.26. The van der Waals surface area contributed by atoms with Crippen LogP contribution in [0.25, 0.3) is 0 Å². The van der Waals surface area contributed by atoms with Crippen LogP contribution in [-0.2, 0) is 34.1 Å². The lowest BCUT2D eigenvalue weighted by Gasteiger charge is -2.31. The Hall–Kier alpha value is -1.94. The van der Waals surface area contributed by atoms with Crippen molar-refractivity contribution >= 4 is 19.5 Å². The fourth-order valence-corrected chi connectivity index (χ4v) is 5.63. The minimum Gasteiger partial charge on any atom is -0.462 e. The van der Waals surface area contributed by atoms with Crippen LogP contribution in [0.5, 0.6) is 0 Å². The van der Waals surface area contributed by atoms with E-state index in [0.29, 0.717) is 18.4 Å². The second kappa shape index (κ2) is 12.9. The number of likely N-dealkylation sites (tertiary alicyclic amines) is 1. The van der Waals surface area contributed by atoms with Gasteiger partial charge in [-0.2, -0.15) is 13.2 Å². The van der Waals surface area contributed by atoms with Gasteiger partial charge in [0, 0.05) is 13.1 Å². The number of esters is 1. The molecular weight excluding hydrogens is 488 g/mol. The van der Waals surface area contributed by atoms with Crippen LogP contribution in [0.3, 0.4) is 0 Å². The number of ether oxygens (including phenoxy) is 1. The van der Waals surface area contributed by atoms with Crippen molar-refractivity contribution in [2.45, 2.75) is 64.0 Å². The first-order chi connectivity index (χ1) is 16.4. The Morgan fingerprint density at radius 3 is 2.14 bits per heavy atom. The minimum absolute atomic E-state index is 0.00113. The zero-order chi connectivity index (χ0) is 26.2. The Morgan fingerprint density at radius 2 is 1.66 bits per heavy atom. The van der Waals surface area contributed by atoms with E-state index in [2.05, 4.69) is 10.2 Å². The first-order valence-electron chi connectivity index (χ1n) is 11.6. The minimum atomic E-state index is -4.47. The van der Waals surface area contributed by atoms with Gasteiger partial charge >= 0.3 is 19.7 Å². The average Bonchev–Trinajstić information content (AvgIpc) is 2.78. The molecule has 0 spiro atoms. The number of benzene rings is 1.